The Hall–Kier alpha value is -1.58. The zero-order valence-electron chi connectivity index (χ0n) is 16.3. The highest BCUT2D eigenvalue weighted by Gasteiger charge is 2.33. The molecule has 2 atom stereocenters. The summed E-state index contributed by atoms with van der Waals surface area (Å²) in [5, 5.41) is 0. The zero-order valence-corrected chi connectivity index (χ0v) is 17.1. The molecule has 156 valence electrons. The maximum Gasteiger partial charge on any atom is 0.246 e. The molecule has 0 aromatic heterocycles. The van der Waals surface area contributed by atoms with Gasteiger partial charge < -0.3 is 4.90 Å². The molecule has 0 spiro atoms. The summed E-state index contributed by atoms with van der Waals surface area (Å²) in [5.41, 5.74) is 0. The highest BCUT2D eigenvalue weighted by Crippen LogP contribution is 2.24. The van der Waals surface area contributed by atoms with E-state index < -0.39 is 26.6 Å². The molecular formula is C19H27F2N3O3S. The van der Waals surface area contributed by atoms with Gasteiger partial charge in [0.05, 0.1) is 6.54 Å². The summed E-state index contributed by atoms with van der Waals surface area (Å²) in [5.74, 6) is -1.84. The molecule has 1 aromatic rings. The van der Waals surface area contributed by atoms with Gasteiger partial charge in [-0.05, 0) is 45.2 Å². The van der Waals surface area contributed by atoms with E-state index in [-0.39, 0.29) is 37.6 Å². The van der Waals surface area contributed by atoms with E-state index in [2.05, 4.69) is 13.8 Å². The lowest BCUT2D eigenvalue weighted by Gasteiger charge is -2.41. The SMILES string of the molecule is C[C@@H]1CCC[C@@H](C)N1C(=O)CN1CCN(S(=O)(=O)c2ccc(F)cc2F)CC1. The quantitative estimate of drug-likeness (QED) is 0.755. The number of benzene rings is 1. The largest absolute Gasteiger partial charge is 0.336 e. The predicted molar refractivity (Wildman–Crippen MR) is 101 cm³/mol. The number of carbonyl (C=O) groups is 1. The van der Waals surface area contributed by atoms with E-state index in [1.165, 1.54) is 4.31 Å². The van der Waals surface area contributed by atoms with E-state index in [1.54, 1.807) is 0 Å². The van der Waals surface area contributed by atoms with Gasteiger partial charge in [-0.25, -0.2) is 17.2 Å². The first-order valence-electron chi connectivity index (χ1n) is 9.69. The van der Waals surface area contributed by atoms with Crippen molar-refractivity contribution in [2.24, 2.45) is 0 Å². The number of piperazine rings is 1. The molecular weight excluding hydrogens is 388 g/mol. The van der Waals surface area contributed by atoms with E-state index in [1.807, 2.05) is 9.80 Å². The van der Waals surface area contributed by atoms with Gasteiger partial charge in [0.25, 0.3) is 0 Å². The Morgan fingerprint density at radius 1 is 1.07 bits per heavy atom. The normalized spacial score (nSPS) is 25.1. The summed E-state index contributed by atoms with van der Waals surface area (Å²) in [6, 6.07) is 2.91. The van der Waals surface area contributed by atoms with E-state index in [0.29, 0.717) is 19.2 Å². The van der Waals surface area contributed by atoms with Crippen molar-refractivity contribution in [2.45, 2.75) is 50.1 Å². The van der Waals surface area contributed by atoms with Crippen molar-refractivity contribution in [3.63, 3.8) is 0 Å². The minimum atomic E-state index is -4.03. The minimum absolute atomic E-state index is 0.0700. The van der Waals surface area contributed by atoms with E-state index >= 15 is 0 Å². The molecule has 2 fully saturated rings. The fourth-order valence-corrected chi connectivity index (χ4v) is 5.60. The molecule has 0 aliphatic carbocycles. The molecule has 1 aromatic carbocycles. The van der Waals surface area contributed by atoms with Crippen LogP contribution >= 0.6 is 0 Å². The number of carbonyl (C=O) groups excluding carboxylic acids is 1. The van der Waals surface area contributed by atoms with Gasteiger partial charge in [0.15, 0.2) is 0 Å². The van der Waals surface area contributed by atoms with Gasteiger partial charge in [0.2, 0.25) is 15.9 Å². The third-order valence-corrected chi connectivity index (χ3v) is 7.62. The number of piperidine rings is 1. The van der Waals surface area contributed by atoms with Gasteiger partial charge in [0, 0.05) is 44.3 Å². The Morgan fingerprint density at radius 2 is 1.68 bits per heavy atom. The van der Waals surface area contributed by atoms with Crippen LogP contribution in [0.5, 0.6) is 0 Å². The summed E-state index contributed by atoms with van der Waals surface area (Å²) in [6.07, 6.45) is 3.14. The maximum atomic E-state index is 13.9. The Balaban J connectivity index is 1.60. The lowest BCUT2D eigenvalue weighted by atomic mass is 9.97. The third-order valence-electron chi connectivity index (χ3n) is 5.68. The lowest BCUT2D eigenvalue weighted by molar-refractivity contribution is -0.138. The monoisotopic (exact) mass is 415 g/mol. The summed E-state index contributed by atoms with van der Waals surface area (Å²) in [6.45, 7) is 5.50. The smallest absolute Gasteiger partial charge is 0.246 e. The molecule has 0 radical (unpaired) electrons. The second-order valence-corrected chi connectivity index (χ2v) is 9.59. The predicted octanol–water partition coefficient (Wildman–Crippen LogP) is 2.06. The van der Waals surface area contributed by atoms with Crippen LogP contribution in [0.2, 0.25) is 0 Å². The summed E-state index contributed by atoms with van der Waals surface area (Å²) < 4.78 is 53.5. The molecule has 2 aliphatic heterocycles. The number of hydrogen-bond donors (Lipinski definition) is 0. The molecule has 0 unspecified atom stereocenters. The molecule has 2 aliphatic rings. The molecule has 3 rings (SSSR count). The van der Waals surface area contributed by atoms with E-state index in [0.717, 1.165) is 31.4 Å². The third kappa shape index (κ3) is 4.36. The molecule has 0 N–H and O–H groups in total. The first-order valence-corrected chi connectivity index (χ1v) is 11.1. The lowest BCUT2D eigenvalue weighted by Crippen LogP contribution is -2.54. The van der Waals surface area contributed by atoms with E-state index in [9.17, 15) is 22.0 Å². The van der Waals surface area contributed by atoms with Crippen molar-refractivity contribution < 1.29 is 22.0 Å². The van der Waals surface area contributed by atoms with Crippen LogP contribution < -0.4 is 0 Å². The number of halogens is 2. The van der Waals surface area contributed by atoms with Crippen LogP contribution in [0.3, 0.4) is 0 Å². The van der Waals surface area contributed by atoms with Gasteiger partial charge in [0.1, 0.15) is 16.5 Å². The number of amides is 1. The molecule has 9 heteroatoms. The van der Waals surface area contributed by atoms with Gasteiger partial charge in [-0.2, -0.15) is 4.31 Å². The number of likely N-dealkylation sites (tertiary alicyclic amines) is 1. The first-order chi connectivity index (χ1) is 13.2. The average molecular weight is 416 g/mol. The fraction of sp³-hybridized carbons (Fsp3) is 0.632. The van der Waals surface area contributed by atoms with Crippen LogP contribution in [-0.4, -0.2) is 73.2 Å². The van der Waals surface area contributed by atoms with Crippen LogP contribution in [0, 0.1) is 11.6 Å². The Morgan fingerprint density at radius 3 is 2.25 bits per heavy atom. The van der Waals surface area contributed by atoms with Crippen molar-refractivity contribution in [1.29, 1.82) is 0 Å². The molecule has 1 amide bonds. The summed E-state index contributed by atoms with van der Waals surface area (Å²) in [4.78, 5) is 16.1. The molecule has 28 heavy (non-hydrogen) atoms. The van der Waals surface area contributed by atoms with Crippen LogP contribution in [0.15, 0.2) is 23.1 Å². The Labute approximate surface area is 165 Å². The molecule has 2 heterocycles. The topological polar surface area (TPSA) is 60.9 Å². The summed E-state index contributed by atoms with van der Waals surface area (Å²) >= 11 is 0. The first kappa shape index (κ1) is 21.1. The van der Waals surface area contributed by atoms with Crippen molar-refractivity contribution in [3.05, 3.63) is 29.8 Å². The van der Waals surface area contributed by atoms with Crippen molar-refractivity contribution in [3.8, 4) is 0 Å². The molecule has 2 saturated heterocycles. The maximum absolute atomic E-state index is 13.9. The molecule has 0 bridgehead atoms. The van der Waals surface area contributed by atoms with E-state index in [4.69, 9.17) is 0 Å². The van der Waals surface area contributed by atoms with Crippen molar-refractivity contribution >= 4 is 15.9 Å². The second kappa shape index (κ2) is 8.42. The number of hydrogen-bond acceptors (Lipinski definition) is 4. The molecule has 6 nitrogen and oxygen atoms in total. The highest BCUT2D eigenvalue weighted by molar-refractivity contribution is 7.89. The Kier molecular flexibility index (Phi) is 6.36. The highest BCUT2D eigenvalue weighted by atomic mass is 32.2. The minimum Gasteiger partial charge on any atom is -0.336 e. The van der Waals surface area contributed by atoms with Gasteiger partial charge in [-0.1, -0.05) is 0 Å². The van der Waals surface area contributed by atoms with Crippen LogP contribution in [0.4, 0.5) is 8.78 Å². The average Bonchev–Trinajstić information content (AvgIpc) is 2.61. The zero-order chi connectivity index (χ0) is 20.5. The fourth-order valence-electron chi connectivity index (χ4n) is 4.14. The van der Waals surface area contributed by atoms with Gasteiger partial charge >= 0.3 is 0 Å². The van der Waals surface area contributed by atoms with Gasteiger partial charge in [-0.15, -0.1) is 0 Å². The number of nitrogens with zero attached hydrogens (tertiary/aromatic N) is 3. The van der Waals surface area contributed by atoms with Crippen LogP contribution in [-0.2, 0) is 14.8 Å². The number of sulfonamides is 1. The standard InChI is InChI=1S/C19H27F2N3O3S/c1-14-4-3-5-15(2)24(14)19(25)13-22-8-10-23(11-9-22)28(26,27)18-7-6-16(20)12-17(18)21/h6-7,12,14-15H,3-5,8-11,13H2,1-2H3/t14-,15-/m1/s1. The van der Waals surface area contributed by atoms with Crippen molar-refractivity contribution in [2.75, 3.05) is 32.7 Å². The van der Waals surface area contributed by atoms with Crippen LogP contribution in [0.1, 0.15) is 33.1 Å². The second-order valence-electron chi connectivity index (χ2n) is 7.68. The molecule has 0 saturated carbocycles. The van der Waals surface area contributed by atoms with Crippen molar-refractivity contribution in [1.82, 2.24) is 14.1 Å². The van der Waals surface area contributed by atoms with Crippen LogP contribution in [0.25, 0.3) is 0 Å². The van der Waals surface area contributed by atoms with Gasteiger partial charge in [-0.3, -0.25) is 9.69 Å². The Bertz CT molecular complexity index is 816. The summed E-state index contributed by atoms with van der Waals surface area (Å²) in [7, 11) is -4.03. The number of rotatable bonds is 4.